The smallest absolute Gasteiger partial charge is 0.252 e. The summed E-state index contributed by atoms with van der Waals surface area (Å²) >= 11 is 1.42. The molecule has 8 heteroatoms. The molecule has 0 radical (unpaired) electrons. The third kappa shape index (κ3) is 6.00. The first-order valence-corrected chi connectivity index (χ1v) is 8.50. The standard InChI is InChI=1S/C17H18FN3O3S/c1-21(10-15(22)20-14-4-2-3-13(18)9-14)16(23)5-7-19-17(24)12-6-8-25-11-12/h2-4,6,8-9,11H,5,7,10H2,1H3,(H,19,24)(H,20,22). The van der Waals surface area contributed by atoms with E-state index in [-0.39, 0.29) is 31.3 Å². The zero-order chi connectivity index (χ0) is 18.2. The molecule has 6 nitrogen and oxygen atoms in total. The average Bonchev–Trinajstić information content (AvgIpc) is 3.09. The molecule has 0 aliphatic heterocycles. The number of halogens is 1. The number of hydrogen-bond donors (Lipinski definition) is 2. The molecule has 0 bridgehead atoms. The first-order chi connectivity index (χ1) is 12.0. The zero-order valence-electron chi connectivity index (χ0n) is 13.6. The topological polar surface area (TPSA) is 78.5 Å². The van der Waals surface area contributed by atoms with Crippen molar-refractivity contribution in [2.75, 3.05) is 25.5 Å². The van der Waals surface area contributed by atoms with Crippen LogP contribution in [0, 0.1) is 5.82 Å². The van der Waals surface area contributed by atoms with Gasteiger partial charge in [0.2, 0.25) is 11.8 Å². The number of benzene rings is 1. The van der Waals surface area contributed by atoms with E-state index in [0.717, 1.165) is 0 Å². The number of nitrogens with zero attached hydrogens (tertiary/aromatic N) is 1. The quantitative estimate of drug-likeness (QED) is 0.791. The Morgan fingerprint density at radius 2 is 2.04 bits per heavy atom. The van der Waals surface area contributed by atoms with E-state index in [1.165, 1.54) is 41.5 Å². The van der Waals surface area contributed by atoms with Gasteiger partial charge in [0.05, 0.1) is 6.54 Å². The van der Waals surface area contributed by atoms with E-state index in [4.69, 9.17) is 0 Å². The van der Waals surface area contributed by atoms with Gasteiger partial charge in [0.25, 0.3) is 5.91 Å². The molecule has 132 valence electrons. The molecule has 0 aliphatic rings. The van der Waals surface area contributed by atoms with Gasteiger partial charge in [-0.2, -0.15) is 11.3 Å². The van der Waals surface area contributed by atoms with Crippen LogP contribution in [0.5, 0.6) is 0 Å². The minimum Gasteiger partial charge on any atom is -0.351 e. The van der Waals surface area contributed by atoms with E-state index in [1.807, 2.05) is 0 Å². The number of anilines is 1. The molecule has 0 fully saturated rings. The number of thiophene rings is 1. The summed E-state index contributed by atoms with van der Waals surface area (Å²) in [6.45, 7) is 0.0250. The molecule has 1 aromatic carbocycles. The van der Waals surface area contributed by atoms with Crippen molar-refractivity contribution < 1.29 is 18.8 Å². The number of likely N-dealkylation sites (N-methyl/N-ethyl adjacent to an activating group) is 1. The molecule has 0 unspecified atom stereocenters. The van der Waals surface area contributed by atoms with Crippen LogP contribution in [0.25, 0.3) is 0 Å². The summed E-state index contributed by atoms with van der Waals surface area (Å²) in [6.07, 6.45) is 0.0830. The molecule has 25 heavy (non-hydrogen) atoms. The summed E-state index contributed by atoms with van der Waals surface area (Å²) in [5, 5.41) is 8.69. The molecule has 1 heterocycles. The summed E-state index contributed by atoms with van der Waals surface area (Å²) in [6, 6.07) is 7.21. The number of rotatable bonds is 7. The van der Waals surface area contributed by atoms with E-state index >= 15 is 0 Å². The van der Waals surface area contributed by atoms with Crippen LogP contribution in [-0.4, -0.2) is 42.8 Å². The fourth-order valence-corrected chi connectivity index (χ4v) is 2.68. The molecule has 2 N–H and O–H groups in total. The van der Waals surface area contributed by atoms with Crippen molar-refractivity contribution in [3.63, 3.8) is 0 Å². The Morgan fingerprint density at radius 3 is 2.72 bits per heavy atom. The number of nitrogens with one attached hydrogen (secondary N) is 2. The number of amides is 3. The van der Waals surface area contributed by atoms with Crippen molar-refractivity contribution in [1.29, 1.82) is 0 Å². The van der Waals surface area contributed by atoms with Crippen molar-refractivity contribution in [2.45, 2.75) is 6.42 Å². The highest BCUT2D eigenvalue weighted by molar-refractivity contribution is 7.08. The second kappa shape index (κ2) is 8.93. The Hall–Kier alpha value is -2.74. The molecule has 0 atom stereocenters. The van der Waals surface area contributed by atoms with Crippen LogP contribution in [0.2, 0.25) is 0 Å². The first kappa shape index (κ1) is 18.6. The lowest BCUT2D eigenvalue weighted by Crippen LogP contribution is -2.37. The van der Waals surface area contributed by atoms with Crippen molar-refractivity contribution in [3.05, 3.63) is 52.5 Å². The lowest BCUT2D eigenvalue weighted by atomic mass is 10.3. The van der Waals surface area contributed by atoms with Crippen LogP contribution < -0.4 is 10.6 Å². The Labute approximate surface area is 148 Å². The summed E-state index contributed by atoms with van der Waals surface area (Å²) in [4.78, 5) is 36.9. The van der Waals surface area contributed by atoms with Crippen LogP contribution in [0.15, 0.2) is 41.1 Å². The van der Waals surface area contributed by atoms with Crippen LogP contribution in [-0.2, 0) is 9.59 Å². The van der Waals surface area contributed by atoms with Crippen LogP contribution in [0.4, 0.5) is 10.1 Å². The van der Waals surface area contributed by atoms with E-state index in [0.29, 0.717) is 11.3 Å². The molecular weight excluding hydrogens is 345 g/mol. The van der Waals surface area contributed by atoms with Gasteiger partial charge >= 0.3 is 0 Å². The maximum Gasteiger partial charge on any atom is 0.252 e. The SMILES string of the molecule is CN(CC(=O)Nc1cccc(F)c1)C(=O)CCNC(=O)c1ccsc1. The second-order valence-corrected chi connectivity index (χ2v) is 6.11. The minimum atomic E-state index is -0.455. The third-order valence-electron chi connectivity index (χ3n) is 3.32. The van der Waals surface area contributed by atoms with Gasteiger partial charge in [-0.25, -0.2) is 4.39 Å². The minimum absolute atomic E-state index is 0.0830. The predicted molar refractivity (Wildman–Crippen MR) is 93.9 cm³/mol. The van der Waals surface area contributed by atoms with E-state index in [1.54, 1.807) is 22.9 Å². The largest absolute Gasteiger partial charge is 0.351 e. The average molecular weight is 363 g/mol. The molecule has 2 aromatic rings. The fourth-order valence-electron chi connectivity index (χ4n) is 2.04. The van der Waals surface area contributed by atoms with E-state index < -0.39 is 11.7 Å². The van der Waals surface area contributed by atoms with E-state index in [2.05, 4.69) is 10.6 Å². The Morgan fingerprint density at radius 1 is 1.24 bits per heavy atom. The highest BCUT2D eigenvalue weighted by atomic mass is 32.1. The molecule has 2 rings (SSSR count). The van der Waals surface area contributed by atoms with Crippen molar-refractivity contribution >= 4 is 34.7 Å². The molecule has 3 amide bonds. The first-order valence-electron chi connectivity index (χ1n) is 7.55. The highest BCUT2D eigenvalue weighted by Gasteiger charge is 2.14. The third-order valence-corrected chi connectivity index (χ3v) is 4.01. The second-order valence-electron chi connectivity index (χ2n) is 5.33. The summed E-state index contributed by atoms with van der Waals surface area (Å²) in [5.41, 5.74) is 0.883. The van der Waals surface area contributed by atoms with Gasteiger partial charge in [0.15, 0.2) is 0 Å². The van der Waals surface area contributed by atoms with Crippen LogP contribution in [0.3, 0.4) is 0 Å². The molecule has 0 saturated heterocycles. The Bertz CT molecular complexity index is 749. The van der Waals surface area contributed by atoms with Gasteiger partial charge in [-0.05, 0) is 29.6 Å². The molecular formula is C17H18FN3O3S. The number of carbonyl (C=O) groups is 3. The Kier molecular flexibility index (Phi) is 6.64. The molecule has 1 aromatic heterocycles. The van der Waals surface area contributed by atoms with Gasteiger partial charge in [0.1, 0.15) is 5.82 Å². The van der Waals surface area contributed by atoms with Crippen molar-refractivity contribution in [3.8, 4) is 0 Å². The van der Waals surface area contributed by atoms with Crippen molar-refractivity contribution in [2.24, 2.45) is 0 Å². The zero-order valence-corrected chi connectivity index (χ0v) is 14.4. The maximum atomic E-state index is 13.1. The summed E-state index contributed by atoms with van der Waals surface area (Å²) in [5.74, 6) is -1.40. The monoisotopic (exact) mass is 363 g/mol. The van der Waals surface area contributed by atoms with Gasteiger partial charge in [-0.1, -0.05) is 6.07 Å². The molecule has 0 spiro atoms. The predicted octanol–water partition coefficient (Wildman–Crippen LogP) is 2.10. The van der Waals surface area contributed by atoms with Crippen LogP contribution in [0.1, 0.15) is 16.8 Å². The van der Waals surface area contributed by atoms with Crippen molar-refractivity contribution in [1.82, 2.24) is 10.2 Å². The summed E-state index contributed by atoms with van der Waals surface area (Å²) < 4.78 is 13.1. The molecule has 0 saturated carbocycles. The summed E-state index contributed by atoms with van der Waals surface area (Å²) in [7, 11) is 1.49. The number of carbonyl (C=O) groups excluding carboxylic acids is 3. The van der Waals surface area contributed by atoms with Gasteiger partial charge in [0, 0.05) is 36.6 Å². The van der Waals surface area contributed by atoms with Gasteiger partial charge < -0.3 is 15.5 Å². The van der Waals surface area contributed by atoms with Gasteiger partial charge in [-0.15, -0.1) is 0 Å². The lowest BCUT2D eigenvalue weighted by Gasteiger charge is -2.17. The van der Waals surface area contributed by atoms with Crippen LogP contribution >= 0.6 is 11.3 Å². The normalized spacial score (nSPS) is 10.2. The maximum absolute atomic E-state index is 13.1. The highest BCUT2D eigenvalue weighted by Crippen LogP contribution is 2.09. The lowest BCUT2D eigenvalue weighted by molar-refractivity contribution is -0.133. The van der Waals surface area contributed by atoms with Gasteiger partial charge in [-0.3, -0.25) is 14.4 Å². The Balaban J connectivity index is 1.72. The molecule has 0 aliphatic carbocycles. The van der Waals surface area contributed by atoms with E-state index in [9.17, 15) is 18.8 Å². The number of hydrogen-bond acceptors (Lipinski definition) is 4. The fraction of sp³-hybridized carbons (Fsp3) is 0.235.